The minimum Gasteiger partial charge on any atom is -0.355 e. The summed E-state index contributed by atoms with van der Waals surface area (Å²) < 4.78 is 1.85. The van der Waals surface area contributed by atoms with Gasteiger partial charge in [-0.2, -0.15) is 0 Å². The molecule has 6 nitrogen and oxygen atoms in total. The fourth-order valence-corrected chi connectivity index (χ4v) is 3.67. The van der Waals surface area contributed by atoms with Crippen LogP contribution in [0.3, 0.4) is 0 Å². The zero-order chi connectivity index (χ0) is 20.1. The topological polar surface area (TPSA) is 72.7 Å². The van der Waals surface area contributed by atoms with E-state index >= 15 is 0 Å². The lowest BCUT2D eigenvalue weighted by molar-refractivity contribution is -0.120. The maximum Gasteiger partial charge on any atom is 0.233 e. The Morgan fingerprint density at radius 1 is 1.25 bits per heavy atom. The molecular formula is C19H19Cl2N5OS. The third kappa shape index (κ3) is 4.66. The van der Waals surface area contributed by atoms with Crippen molar-refractivity contribution in [1.82, 2.24) is 25.1 Å². The van der Waals surface area contributed by atoms with Crippen molar-refractivity contribution in [3.63, 3.8) is 0 Å². The summed E-state index contributed by atoms with van der Waals surface area (Å²) in [5.41, 5.74) is 1.55. The van der Waals surface area contributed by atoms with Gasteiger partial charge < -0.3 is 5.32 Å². The highest BCUT2D eigenvalue weighted by Gasteiger charge is 2.22. The van der Waals surface area contributed by atoms with Crippen LogP contribution in [0.2, 0.25) is 10.0 Å². The third-order valence-corrected chi connectivity index (χ3v) is 5.70. The summed E-state index contributed by atoms with van der Waals surface area (Å²) in [6, 6.07) is 9.04. The molecule has 3 aromatic rings. The predicted molar refractivity (Wildman–Crippen MR) is 113 cm³/mol. The molecule has 1 amide bonds. The number of carbonyl (C=O) groups is 1. The summed E-state index contributed by atoms with van der Waals surface area (Å²) >= 11 is 13.6. The molecule has 2 aromatic heterocycles. The second-order valence-corrected chi connectivity index (χ2v) is 8.16. The number of hydrogen-bond donors (Lipinski definition) is 1. The van der Waals surface area contributed by atoms with Crippen LogP contribution < -0.4 is 5.32 Å². The van der Waals surface area contributed by atoms with Gasteiger partial charge in [-0.15, -0.1) is 10.2 Å². The normalized spacial score (nSPS) is 12.0. The number of carbonyl (C=O) groups excluding carboxylic acids is 1. The monoisotopic (exact) mass is 435 g/mol. The number of thioether (sulfide) groups is 1. The Kier molecular flexibility index (Phi) is 6.93. The van der Waals surface area contributed by atoms with Gasteiger partial charge in [0.25, 0.3) is 0 Å². The maximum absolute atomic E-state index is 12.3. The van der Waals surface area contributed by atoms with E-state index in [0.29, 0.717) is 27.6 Å². The number of nitrogens with zero attached hydrogens (tertiary/aromatic N) is 4. The molecule has 0 radical (unpaired) electrons. The van der Waals surface area contributed by atoms with Crippen LogP contribution in [-0.4, -0.2) is 37.5 Å². The fourth-order valence-electron chi connectivity index (χ4n) is 2.49. The third-order valence-electron chi connectivity index (χ3n) is 3.92. The van der Waals surface area contributed by atoms with E-state index in [1.165, 1.54) is 11.8 Å². The van der Waals surface area contributed by atoms with Crippen molar-refractivity contribution < 1.29 is 4.79 Å². The van der Waals surface area contributed by atoms with Gasteiger partial charge in [0.2, 0.25) is 5.91 Å². The molecule has 2 heterocycles. The summed E-state index contributed by atoms with van der Waals surface area (Å²) in [5, 5.41) is 12.7. The van der Waals surface area contributed by atoms with Crippen LogP contribution in [0, 0.1) is 0 Å². The first kappa shape index (κ1) is 20.6. The Morgan fingerprint density at radius 3 is 2.75 bits per heavy atom. The lowest BCUT2D eigenvalue weighted by Gasteiger charge is -2.14. The Hall–Kier alpha value is -2.09. The molecule has 0 aliphatic rings. The maximum atomic E-state index is 12.3. The van der Waals surface area contributed by atoms with Gasteiger partial charge in [0.15, 0.2) is 11.0 Å². The number of aromatic nitrogens is 4. The van der Waals surface area contributed by atoms with Gasteiger partial charge >= 0.3 is 0 Å². The Morgan fingerprint density at radius 2 is 2.07 bits per heavy atom. The van der Waals surface area contributed by atoms with Crippen LogP contribution in [0.15, 0.2) is 47.9 Å². The van der Waals surface area contributed by atoms with Crippen molar-refractivity contribution in [3.05, 3.63) is 52.8 Å². The van der Waals surface area contributed by atoms with E-state index in [1.54, 1.807) is 24.5 Å². The lowest BCUT2D eigenvalue weighted by atomic mass is 10.2. The van der Waals surface area contributed by atoms with Crippen molar-refractivity contribution in [2.24, 2.45) is 0 Å². The van der Waals surface area contributed by atoms with Crippen LogP contribution in [0.5, 0.6) is 0 Å². The minimum absolute atomic E-state index is 0.0431. The molecule has 0 fully saturated rings. The lowest BCUT2D eigenvalue weighted by Crippen LogP contribution is -2.31. The highest BCUT2D eigenvalue weighted by molar-refractivity contribution is 8.00. The van der Waals surface area contributed by atoms with Crippen molar-refractivity contribution in [2.45, 2.75) is 30.7 Å². The molecule has 1 unspecified atom stereocenters. The molecule has 1 atom stereocenters. The Balaban J connectivity index is 2.02. The van der Waals surface area contributed by atoms with E-state index in [-0.39, 0.29) is 11.2 Å². The van der Waals surface area contributed by atoms with Gasteiger partial charge in [-0.25, -0.2) is 0 Å². The number of halogens is 2. The molecular weight excluding hydrogens is 417 g/mol. The van der Waals surface area contributed by atoms with Gasteiger partial charge in [0.1, 0.15) is 0 Å². The van der Waals surface area contributed by atoms with Crippen molar-refractivity contribution >= 4 is 40.9 Å². The first-order valence-corrected chi connectivity index (χ1v) is 10.4. The quantitative estimate of drug-likeness (QED) is 0.547. The molecule has 1 N–H and O–H groups in total. The summed E-state index contributed by atoms with van der Waals surface area (Å²) in [7, 11) is 0. The molecule has 28 heavy (non-hydrogen) atoms. The number of amides is 1. The average molecular weight is 436 g/mol. The number of rotatable bonds is 7. The molecule has 0 aliphatic heterocycles. The molecule has 9 heteroatoms. The van der Waals surface area contributed by atoms with Gasteiger partial charge in [0, 0.05) is 24.5 Å². The van der Waals surface area contributed by atoms with Crippen molar-refractivity contribution in [2.75, 3.05) is 6.54 Å². The van der Waals surface area contributed by atoms with E-state index in [4.69, 9.17) is 23.2 Å². The highest BCUT2D eigenvalue weighted by atomic mass is 35.5. The SMILES string of the molecule is CCCNC(=O)C(C)Sc1nnc(-c2cccnc2)n1-c1ccc(Cl)c(Cl)c1. The molecule has 0 bridgehead atoms. The zero-order valence-corrected chi connectivity index (χ0v) is 17.7. The number of benzene rings is 1. The summed E-state index contributed by atoms with van der Waals surface area (Å²) in [5.74, 6) is 0.564. The second kappa shape index (κ2) is 9.41. The summed E-state index contributed by atoms with van der Waals surface area (Å²) in [4.78, 5) is 16.5. The van der Waals surface area contributed by atoms with Gasteiger partial charge in [0.05, 0.1) is 21.0 Å². The molecule has 146 valence electrons. The molecule has 0 saturated heterocycles. The number of nitrogens with one attached hydrogen (secondary N) is 1. The smallest absolute Gasteiger partial charge is 0.233 e. The van der Waals surface area contributed by atoms with E-state index in [2.05, 4.69) is 20.5 Å². The predicted octanol–water partition coefficient (Wildman–Crippen LogP) is 4.64. The summed E-state index contributed by atoms with van der Waals surface area (Å²) in [6.07, 6.45) is 4.29. The molecule has 0 saturated carbocycles. The molecule has 0 aliphatic carbocycles. The van der Waals surface area contributed by atoms with Gasteiger partial charge in [-0.1, -0.05) is 41.9 Å². The second-order valence-electron chi connectivity index (χ2n) is 6.03. The van der Waals surface area contributed by atoms with Crippen LogP contribution in [0.4, 0.5) is 0 Å². The van der Waals surface area contributed by atoms with Gasteiger partial charge in [-0.3, -0.25) is 14.3 Å². The highest BCUT2D eigenvalue weighted by Crippen LogP contribution is 2.32. The summed E-state index contributed by atoms with van der Waals surface area (Å²) in [6.45, 7) is 4.50. The number of hydrogen-bond acceptors (Lipinski definition) is 5. The largest absolute Gasteiger partial charge is 0.355 e. The van der Waals surface area contributed by atoms with Crippen LogP contribution in [-0.2, 0) is 4.79 Å². The average Bonchev–Trinajstić information content (AvgIpc) is 3.12. The van der Waals surface area contributed by atoms with Crippen molar-refractivity contribution in [3.8, 4) is 17.1 Å². The van der Waals surface area contributed by atoms with Gasteiger partial charge in [-0.05, 0) is 43.7 Å². The first-order valence-electron chi connectivity index (χ1n) is 8.77. The molecule has 0 spiro atoms. The van der Waals surface area contributed by atoms with E-state index in [1.807, 2.05) is 36.6 Å². The van der Waals surface area contributed by atoms with Crippen LogP contribution in [0.25, 0.3) is 17.1 Å². The standard InChI is InChI=1S/C19H19Cl2N5OS/c1-3-8-23-18(27)12(2)28-19-25-24-17(13-5-4-9-22-11-13)26(19)14-6-7-15(20)16(21)10-14/h4-7,9-12H,3,8H2,1-2H3,(H,23,27). The van der Waals surface area contributed by atoms with Crippen LogP contribution in [0.1, 0.15) is 20.3 Å². The Bertz CT molecular complexity index is 964. The Labute approximate surface area is 177 Å². The first-order chi connectivity index (χ1) is 13.5. The molecule has 3 rings (SSSR count). The molecule has 1 aromatic carbocycles. The van der Waals surface area contributed by atoms with E-state index in [9.17, 15) is 4.79 Å². The fraction of sp³-hybridized carbons (Fsp3) is 0.263. The minimum atomic E-state index is -0.334. The van der Waals surface area contributed by atoms with E-state index in [0.717, 1.165) is 17.7 Å². The van der Waals surface area contributed by atoms with Crippen LogP contribution >= 0.6 is 35.0 Å². The van der Waals surface area contributed by atoms with Crippen molar-refractivity contribution in [1.29, 1.82) is 0 Å². The number of pyridine rings is 1. The zero-order valence-electron chi connectivity index (χ0n) is 15.4. The van der Waals surface area contributed by atoms with E-state index < -0.39 is 0 Å².